The lowest BCUT2D eigenvalue weighted by Crippen LogP contribution is -2.36. The minimum absolute atomic E-state index is 0.109. The second kappa shape index (κ2) is 12.3. The highest BCUT2D eigenvalue weighted by Gasteiger charge is 2.35. The van der Waals surface area contributed by atoms with Crippen LogP contribution in [0.4, 0.5) is 0 Å². The first-order valence-electron chi connectivity index (χ1n) is 9.93. The lowest BCUT2D eigenvalue weighted by Gasteiger charge is -2.36. The fourth-order valence-electron chi connectivity index (χ4n) is 3.28. The zero-order valence-electron chi connectivity index (χ0n) is 15.7. The van der Waals surface area contributed by atoms with Crippen molar-refractivity contribution in [2.75, 3.05) is 13.2 Å². The second-order valence-electron chi connectivity index (χ2n) is 7.30. The van der Waals surface area contributed by atoms with Gasteiger partial charge in [-0.1, -0.05) is 58.8 Å². The predicted molar refractivity (Wildman–Crippen MR) is 95.7 cm³/mol. The Morgan fingerprint density at radius 3 is 1.62 bits per heavy atom. The molecular weight excluding hydrogens is 304 g/mol. The maximum Gasteiger partial charge on any atom is 0.305 e. The van der Waals surface area contributed by atoms with E-state index in [-0.39, 0.29) is 17.4 Å². The molecule has 1 aliphatic rings. The summed E-state index contributed by atoms with van der Waals surface area (Å²) in [6, 6.07) is 0. The first-order chi connectivity index (χ1) is 11.6. The summed E-state index contributed by atoms with van der Waals surface area (Å²) in [6.07, 6.45) is 12.6. The third kappa shape index (κ3) is 8.70. The summed E-state index contributed by atoms with van der Waals surface area (Å²) in [5.74, 6) is -0.217. The van der Waals surface area contributed by atoms with Gasteiger partial charge in [-0.3, -0.25) is 9.59 Å². The number of esters is 2. The van der Waals surface area contributed by atoms with Crippen molar-refractivity contribution in [3.05, 3.63) is 0 Å². The molecule has 4 heteroatoms. The molecule has 1 aliphatic carbocycles. The zero-order valence-corrected chi connectivity index (χ0v) is 15.7. The van der Waals surface area contributed by atoms with Crippen LogP contribution in [0.1, 0.15) is 97.3 Å². The molecule has 1 rings (SSSR count). The van der Waals surface area contributed by atoms with E-state index in [2.05, 4.69) is 13.8 Å². The smallest absolute Gasteiger partial charge is 0.305 e. The molecule has 140 valence electrons. The molecule has 0 heterocycles. The van der Waals surface area contributed by atoms with E-state index < -0.39 is 0 Å². The number of carbonyl (C=O) groups is 2. The van der Waals surface area contributed by atoms with Crippen LogP contribution in [0.15, 0.2) is 0 Å². The zero-order chi connectivity index (χ0) is 17.7. The Balaban J connectivity index is 2.38. The van der Waals surface area contributed by atoms with Crippen molar-refractivity contribution >= 4 is 11.9 Å². The van der Waals surface area contributed by atoms with Gasteiger partial charge in [0.1, 0.15) is 13.2 Å². The van der Waals surface area contributed by atoms with Crippen LogP contribution < -0.4 is 0 Å². The average molecular weight is 341 g/mol. The SMILES string of the molecule is CCCCCC(=O)OCC1(COC(=O)CCCCC)CCCCC1. The van der Waals surface area contributed by atoms with Gasteiger partial charge in [-0.25, -0.2) is 0 Å². The van der Waals surface area contributed by atoms with E-state index in [9.17, 15) is 9.59 Å². The van der Waals surface area contributed by atoms with E-state index in [1.54, 1.807) is 0 Å². The van der Waals surface area contributed by atoms with Gasteiger partial charge in [0, 0.05) is 18.3 Å². The van der Waals surface area contributed by atoms with E-state index in [1.165, 1.54) is 6.42 Å². The van der Waals surface area contributed by atoms with E-state index in [0.717, 1.165) is 64.2 Å². The average Bonchev–Trinajstić information content (AvgIpc) is 2.60. The van der Waals surface area contributed by atoms with Crippen molar-refractivity contribution < 1.29 is 19.1 Å². The summed E-state index contributed by atoms with van der Waals surface area (Å²) in [6.45, 7) is 5.05. The van der Waals surface area contributed by atoms with E-state index in [1.807, 2.05) is 0 Å². The maximum absolute atomic E-state index is 11.9. The molecule has 0 aromatic heterocycles. The number of hydrogen-bond donors (Lipinski definition) is 0. The highest BCUT2D eigenvalue weighted by atomic mass is 16.5. The Bertz CT molecular complexity index is 331. The topological polar surface area (TPSA) is 52.6 Å². The van der Waals surface area contributed by atoms with Gasteiger partial charge in [0.25, 0.3) is 0 Å². The van der Waals surface area contributed by atoms with Crippen molar-refractivity contribution in [3.63, 3.8) is 0 Å². The summed E-state index contributed by atoms with van der Waals surface area (Å²) in [4.78, 5) is 23.8. The Morgan fingerprint density at radius 1 is 0.750 bits per heavy atom. The molecule has 0 aliphatic heterocycles. The molecule has 24 heavy (non-hydrogen) atoms. The summed E-state index contributed by atoms with van der Waals surface area (Å²) in [7, 11) is 0. The molecule has 1 saturated carbocycles. The van der Waals surface area contributed by atoms with Crippen molar-refractivity contribution in [2.45, 2.75) is 97.3 Å². The van der Waals surface area contributed by atoms with Gasteiger partial charge in [0.2, 0.25) is 0 Å². The van der Waals surface area contributed by atoms with Crippen LogP contribution in [-0.2, 0) is 19.1 Å². The van der Waals surface area contributed by atoms with Crippen molar-refractivity contribution in [1.82, 2.24) is 0 Å². The van der Waals surface area contributed by atoms with Crippen LogP contribution in [0, 0.1) is 5.41 Å². The molecule has 0 bridgehead atoms. The van der Waals surface area contributed by atoms with Gasteiger partial charge in [0.05, 0.1) is 0 Å². The van der Waals surface area contributed by atoms with Gasteiger partial charge in [-0.2, -0.15) is 0 Å². The Hall–Kier alpha value is -1.06. The maximum atomic E-state index is 11.9. The van der Waals surface area contributed by atoms with Crippen LogP contribution in [0.3, 0.4) is 0 Å². The Labute approximate surface area is 147 Å². The lowest BCUT2D eigenvalue weighted by molar-refractivity contribution is -0.156. The first kappa shape index (κ1) is 21.0. The third-order valence-electron chi connectivity index (χ3n) is 4.96. The number of hydrogen-bond acceptors (Lipinski definition) is 4. The predicted octanol–water partition coefficient (Wildman–Crippen LogP) is 5.18. The van der Waals surface area contributed by atoms with Crippen molar-refractivity contribution in [1.29, 1.82) is 0 Å². The van der Waals surface area contributed by atoms with E-state index >= 15 is 0 Å². The highest BCUT2D eigenvalue weighted by molar-refractivity contribution is 5.69. The number of ether oxygens (including phenoxy) is 2. The Morgan fingerprint density at radius 2 is 1.21 bits per heavy atom. The lowest BCUT2D eigenvalue weighted by atomic mass is 9.75. The van der Waals surface area contributed by atoms with Gasteiger partial charge >= 0.3 is 11.9 Å². The summed E-state index contributed by atoms with van der Waals surface area (Å²) in [5, 5.41) is 0. The fourth-order valence-corrected chi connectivity index (χ4v) is 3.28. The van der Waals surface area contributed by atoms with Crippen molar-refractivity contribution in [3.8, 4) is 0 Å². The van der Waals surface area contributed by atoms with Crippen molar-refractivity contribution in [2.24, 2.45) is 5.41 Å². The standard InChI is InChI=1S/C20H36O4/c1-3-5-8-12-18(21)23-16-20(14-10-7-11-15-20)17-24-19(22)13-9-6-4-2/h3-17H2,1-2H3. The molecule has 0 atom stereocenters. The molecule has 0 amide bonds. The molecule has 1 fully saturated rings. The summed E-state index contributed by atoms with van der Waals surface area (Å²) >= 11 is 0. The van der Waals surface area contributed by atoms with Gasteiger partial charge < -0.3 is 9.47 Å². The first-order valence-corrected chi connectivity index (χ1v) is 9.93. The number of rotatable bonds is 12. The minimum Gasteiger partial charge on any atom is -0.465 e. The van der Waals surface area contributed by atoms with Gasteiger partial charge in [0.15, 0.2) is 0 Å². The monoisotopic (exact) mass is 340 g/mol. The molecule has 0 radical (unpaired) electrons. The van der Waals surface area contributed by atoms with Gasteiger partial charge in [-0.05, 0) is 25.7 Å². The van der Waals surface area contributed by atoms with Crippen LogP contribution in [0.2, 0.25) is 0 Å². The normalized spacial score (nSPS) is 16.6. The molecule has 4 nitrogen and oxygen atoms in total. The van der Waals surface area contributed by atoms with Crippen LogP contribution in [0.25, 0.3) is 0 Å². The highest BCUT2D eigenvalue weighted by Crippen LogP contribution is 2.37. The molecule has 0 aromatic carbocycles. The molecular formula is C20H36O4. The number of unbranched alkanes of at least 4 members (excludes halogenated alkanes) is 4. The Kier molecular flexibility index (Phi) is 10.8. The summed E-state index contributed by atoms with van der Waals surface area (Å²) < 4.78 is 11.1. The number of carbonyl (C=O) groups excluding carboxylic acids is 2. The fraction of sp³-hybridized carbons (Fsp3) is 0.900. The molecule has 0 N–H and O–H groups in total. The van der Waals surface area contributed by atoms with E-state index in [4.69, 9.17) is 9.47 Å². The van der Waals surface area contributed by atoms with E-state index in [0.29, 0.717) is 26.1 Å². The summed E-state index contributed by atoms with van der Waals surface area (Å²) in [5.41, 5.74) is -0.154. The molecule has 0 aromatic rings. The van der Waals surface area contributed by atoms with Gasteiger partial charge in [-0.15, -0.1) is 0 Å². The minimum atomic E-state index is -0.154. The van der Waals surface area contributed by atoms with Crippen LogP contribution >= 0.6 is 0 Å². The quantitative estimate of drug-likeness (QED) is 0.363. The molecule has 0 unspecified atom stereocenters. The van der Waals surface area contributed by atoms with Crippen LogP contribution in [0.5, 0.6) is 0 Å². The largest absolute Gasteiger partial charge is 0.465 e. The second-order valence-corrected chi connectivity index (χ2v) is 7.30. The van der Waals surface area contributed by atoms with Crippen LogP contribution in [-0.4, -0.2) is 25.2 Å². The third-order valence-corrected chi connectivity index (χ3v) is 4.96. The molecule has 0 saturated heterocycles. The molecule has 0 spiro atoms.